The van der Waals surface area contributed by atoms with Crippen LogP contribution >= 0.6 is 0 Å². The molecule has 2 rings (SSSR count). The number of amides is 2. The number of nitrogens with one attached hydrogen (secondary N) is 2. The van der Waals surface area contributed by atoms with Crippen molar-refractivity contribution in [2.24, 2.45) is 11.7 Å². The van der Waals surface area contributed by atoms with Gasteiger partial charge in [-0.05, 0) is 25.3 Å². The molecule has 0 saturated carbocycles. The molecule has 1 aromatic carbocycles. The number of benzene rings is 1. The standard InChI is InChI=1S/C24H37N5O7S/c1-16(2)14-26-23(32)35-12-11-18-19(28-29(21(18)30)37(5,33)34)13-20(27-22(31)24(3,4)25)36-15-17-9-7-6-8-10-17/h6-10,16,20,30H,11-15,25H2,1-5H3,(H,26,32)(H,27,31). The highest BCUT2D eigenvalue weighted by Crippen LogP contribution is 2.25. The van der Waals surface area contributed by atoms with Gasteiger partial charge in [-0.15, -0.1) is 4.09 Å². The van der Waals surface area contributed by atoms with Gasteiger partial charge in [0, 0.05) is 24.9 Å². The summed E-state index contributed by atoms with van der Waals surface area (Å²) in [6.45, 7) is 7.37. The van der Waals surface area contributed by atoms with Gasteiger partial charge in [0.25, 0.3) is 10.0 Å². The fourth-order valence-corrected chi connectivity index (χ4v) is 3.80. The van der Waals surface area contributed by atoms with Crippen molar-refractivity contribution >= 4 is 22.0 Å². The predicted molar refractivity (Wildman–Crippen MR) is 137 cm³/mol. The lowest BCUT2D eigenvalue weighted by molar-refractivity contribution is -0.130. The van der Waals surface area contributed by atoms with Crippen molar-refractivity contribution in [3.05, 3.63) is 47.2 Å². The van der Waals surface area contributed by atoms with Crippen LogP contribution in [0.15, 0.2) is 30.3 Å². The fourth-order valence-electron chi connectivity index (χ4n) is 3.13. The van der Waals surface area contributed by atoms with Gasteiger partial charge in [0.1, 0.15) is 6.23 Å². The maximum absolute atomic E-state index is 12.6. The topological polar surface area (TPSA) is 175 Å². The summed E-state index contributed by atoms with van der Waals surface area (Å²) >= 11 is 0. The molecule has 0 saturated heterocycles. The molecule has 37 heavy (non-hydrogen) atoms. The van der Waals surface area contributed by atoms with E-state index in [-0.39, 0.29) is 43.2 Å². The SMILES string of the molecule is CC(C)CNC(=O)OCCc1c(CC(NC(=O)C(C)(C)N)OCc2ccccc2)nn(S(C)(=O)=O)c1O. The molecule has 2 amide bonds. The molecule has 5 N–H and O–H groups in total. The van der Waals surface area contributed by atoms with E-state index >= 15 is 0 Å². The molecular formula is C24H37N5O7S. The minimum Gasteiger partial charge on any atom is -0.493 e. The molecule has 0 aliphatic heterocycles. The summed E-state index contributed by atoms with van der Waals surface area (Å²) in [5.41, 5.74) is 5.86. The van der Waals surface area contributed by atoms with E-state index < -0.39 is 39.7 Å². The smallest absolute Gasteiger partial charge is 0.407 e. The van der Waals surface area contributed by atoms with Gasteiger partial charge in [-0.1, -0.05) is 44.2 Å². The Morgan fingerprint density at radius 2 is 1.86 bits per heavy atom. The van der Waals surface area contributed by atoms with Crippen molar-refractivity contribution in [3.8, 4) is 5.88 Å². The normalized spacial score (nSPS) is 12.8. The number of hydrogen-bond acceptors (Lipinski definition) is 9. The predicted octanol–water partition coefficient (Wildman–Crippen LogP) is 1.26. The van der Waals surface area contributed by atoms with E-state index in [1.807, 2.05) is 44.2 Å². The largest absolute Gasteiger partial charge is 0.493 e. The Labute approximate surface area is 217 Å². The Hall–Kier alpha value is -3.16. The maximum Gasteiger partial charge on any atom is 0.407 e. The second-order valence-corrected chi connectivity index (χ2v) is 11.5. The van der Waals surface area contributed by atoms with Gasteiger partial charge in [0.2, 0.25) is 11.8 Å². The van der Waals surface area contributed by atoms with Gasteiger partial charge < -0.3 is 30.9 Å². The quantitative estimate of drug-likeness (QED) is 0.273. The van der Waals surface area contributed by atoms with E-state index in [4.69, 9.17) is 15.2 Å². The number of ether oxygens (including phenoxy) is 2. The average Bonchev–Trinajstić information content (AvgIpc) is 3.11. The average molecular weight is 540 g/mol. The zero-order chi connectivity index (χ0) is 27.8. The molecule has 0 fully saturated rings. The van der Waals surface area contributed by atoms with Crippen molar-refractivity contribution in [2.45, 2.75) is 58.9 Å². The minimum absolute atomic E-state index is 0.0203. The van der Waals surface area contributed by atoms with E-state index in [9.17, 15) is 23.1 Å². The van der Waals surface area contributed by atoms with E-state index in [1.54, 1.807) is 0 Å². The molecule has 1 atom stereocenters. The second kappa shape index (κ2) is 12.9. The molecular weight excluding hydrogens is 502 g/mol. The molecule has 0 bridgehead atoms. The zero-order valence-electron chi connectivity index (χ0n) is 21.9. The zero-order valence-corrected chi connectivity index (χ0v) is 22.7. The van der Waals surface area contributed by atoms with Crippen LogP contribution < -0.4 is 16.4 Å². The molecule has 2 aromatic rings. The molecule has 0 aliphatic rings. The number of carbonyl (C=O) groups is 2. The number of carbonyl (C=O) groups excluding carboxylic acids is 2. The highest BCUT2D eigenvalue weighted by molar-refractivity contribution is 7.89. The Balaban J connectivity index is 2.27. The van der Waals surface area contributed by atoms with Crippen molar-refractivity contribution in [2.75, 3.05) is 19.4 Å². The first-order valence-corrected chi connectivity index (χ1v) is 13.7. The molecule has 12 nitrogen and oxygen atoms in total. The van der Waals surface area contributed by atoms with Crippen LogP contribution in [0.25, 0.3) is 0 Å². The van der Waals surface area contributed by atoms with Crippen LogP contribution in [0.3, 0.4) is 0 Å². The Bertz CT molecular complexity index is 1160. The highest BCUT2D eigenvalue weighted by atomic mass is 32.2. The highest BCUT2D eigenvalue weighted by Gasteiger charge is 2.29. The van der Waals surface area contributed by atoms with E-state index in [2.05, 4.69) is 15.7 Å². The fraction of sp³-hybridized carbons (Fsp3) is 0.542. The van der Waals surface area contributed by atoms with Crippen LogP contribution in [0.5, 0.6) is 5.88 Å². The third-order valence-corrected chi connectivity index (χ3v) is 6.00. The summed E-state index contributed by atoms with van der Waals surface area (Å²) in [4.78, 5) is 24.5. The molecule has 1 aromatic heterocycles. The minimum atomic E-state index is -3.94. The summed E-state index contributed by atoms with van der Waals surface area (Å²) in [7, 11) is -3.94. The van der Waals surface area contributed by atoms with E-state index in [0.717, 1.165) is 11.8 Å². The summed E-state index contributed by atoms with van der Waals surface area (Å²) in [5, 5.41) is 20.0. The number of nitrogens with two attached hydrogens (primary N) is 1. The molecule has 13 heteroatoms. The van der Waals surface area contributed by atoms with Crippen LogP contribution in [0.1, 0.15) is 44.5 Å². The summed E-state index contributed by atoms with van der Waals surface area (Å²) in [6.07, 6.45) is -0.795. The Morgan fingerprint density at radius 3 is 2.43 bits per heavy atom. The van der Waals surface area contributed by atoms with Gasteiger partial charge in [-0.25, -0.2) is 13.2 Å². The molecule has 1 unspecified atom stereocenters. The summed E-state index contributed by atoms with van der Waals surface area (Å²) in [5.74, 6) is -0.863. The number of alkyl carbamates (subject to hydrolysis) is 1. The second-order valence-electron chi connectivity index (χ2n) is 9.70. The number of rotatable bonds is 13. The van der Waals surface area contributed by atoms with Crippen molar-refractivity contribution in [1.82, 2.24) is 19.8 Å². The van der Waals surface area contributed by atoms with Crippen molar-refractivity contribution < 1.29 is 32.6 Å². The third-order valence-electron chi connectivity index (χ3n) is 5.12. The van der Waals surface area contributed by atoms with Gasteiger partial charge in [-0.3, -0.25) is 4.79 Å². The summed E-state index contributed by atoms with van der Waals surface area (Å²) in [6, 6.07) is 9.25. The third kappa shape index (κ3) is 9.67. The van der Waals surface area contributed by atoms with Crippen molar-refractivity contribution in [1.29, 1.82) is 0 Å². The molecule has 0 spiro atoms. The maximum atomic E-state index is 12.6. The van der Waals surface area contributed by atoms with Gasteiger partial charge in [-0.2, -0.15) is 5.10 Å². The van der Waals surface area contributed by atoms with Gasteiger partial charge in [0.05, 0.1) is 30.7 Å². The first-order chi connectivity index (χ1) is 17.2. The first kappa shape index (κ1) is 30.1. The Kier molecular flexibility index (Phi) is 10.5. The summed E-state index contributed by atoms with van der Waals surface area (Å²) < 4.78 is 35.9. The van der Waals surface area contributed by atoms with Crippen LogP contribution in [0.2, 0.25) is 0 Å². The van der Waals surface area contributed by atoms with Crippen LogP contribution in [0, 0.1) is 5.92 Å². The molecule has 1 heterocycles. The molecule has 0 radical (unpaired) electrons. The Morgan fingerprint density at radius 1 is 1.22 bits per heavy atom. The number of aromatic hydroxyl groups is 1. The van der Waals surface area contributed by atoms with Crippen LogP contribution in [-0.2, 0) is 43.7 Å². The number of nitrogens with zero attached hydrogens (tertiary/aromatic N) is 2. The lowest BCUT2D eigenvalue weighted by Gasteiger charge is -2.24. The van der Waals surface area contributed by atoms with Crippen LogP contribution in [0.4, 0.5) is 4.79 Å². The van der Waals surface area contributed by atoms with Crippen LogP contribution in [-0.4, -0.2) is 65.9 Å². The lowest BCUT2D eigenvalue weighted by Crippen LogP contribution is -2.53. The van der Waals surface area contributed by atoms with E-state index in [1.165, 1.54) is 13.8 Å². The van der Waals surface area contributed by atoms with Gasteiger partial charge in [0.15, 0.2) is 0 Å². The van der Waals surface area contributed by atoms with E-state index in [0.29, 0.717) is 10.6 Å². The van der Waals surface area contributed by atoms with Gasteiger partial charge >= 0.3 is 6.09 Å². The monoisotopic (exact) mass is 539 g/mol. The number of hydrogen-bond donors (Lipinski definition) is 4. The van der Waals surface area contributed by atoms with Crippen molar-refractivity contribution in [3.63, 3.8) is 0 Å². The first-order valence-electron chi connectivity index (χ1n) is 11.8. The molecule has 206 valence electrons. The molecule has 0 aliphatic carbocycles. The lowest BCUT2D eigenvalue weighted by atomic mass is 10.1. The number of aromatic nitrogens is 2.